The van der Waals surface area contributed by atoms with Crippen molar-refractivity contribution < 1.29 is 0 Å². The molecule has 1 heterocycles. The van der Waals surface area contributed by atoms with Crippen molar-refractivity contribution in [3.8, 4) is 0 Å². The minimum absolute atomic E-state index is 0.491. The van der Waals surface area contributed by atoms with Gasteiger partial charge in [-0.1, -0.05) is 33.6 Å². The lowest BCUT2D eigenvalue weighted by atomic mass is 10.2. The van der Waals surface area contributed by atoms with Crippen LogP contribution in [-0.2, 0) is 6.42 Å². The van der Waals surface area contributed by atoms with Gasteiger partial charge in [-0.3, -0.25) is 0 Å². The van der Waals surface area contributed by atoms with Crippen molar-refractivity contribution in [2.24, 2.45) is 5.92 Å². The number of hydrogen-bond acceptors (Lipinski definition) is 3. The van der Waals surface area contributed by atoms with Crippen LogP contribution < -0.4 is 5.32 Å². The van der Waals surface area contributed by atoms with Crippen molar-refractivity contribution in [3.05, 3.63) is 45.3 Å². The first-order valence-corrected chi connectivity index (χ1v) is 7.84. The van der Waals surface area contributed by atoms with E-state index in [9.17, 15) is 0 Å². The highest BCUT2D eigenvalue weighted by atomic mass is 79.9. The van der Waals surface area contributed by atoms with Crippen molar-refractivity contribution in [3.63, 3.8) is 0 Å². The molecule has 1 aromatic heterocycles. The summed E-state index contributed by atoms with van der Waals surface area (Å²) in [6.07, 6.45) is 3.49. The molecule has 104 valence electrons. The fraction of sp³-hybridized carbons (Fsp3) is 0.333. The zero-order valence-electron chi connectivity index (χ0n) is 11.2. The summed E-state index contributed by atoms with van der Waals surface area (Å²) in [6, 6.07) is 7.80. The van der Waals surface area contributed by atoms with Crippen LogP contribution in [0.25, 0.3) is 0 Å². The summed E-state index contributed by atoms with van der Waals surface area (Å²) in [5.41, 5.74) is 2.16. The Bertz CT molecular complexity index is 641. The Morgan fingerprint density at radius 3 is 2.90 bits per heavy atom. The number of nitrogens with zero attached hydrogens (tertiary/aromatic N) is 2. The van der Waals surface area contributed by atoms with Crippen LogP contribution >= 0.6 is 27.5 Å². The van der Waals surface area contributed by atoms with Crippen LogP contribution in [0.1, 0.15) is 24.2 Å². The van der Waals surface area contributed by atoms with E-state index in [0.717, 1.165) is 39.7 Å². The first kappa shape index (κ1) is 13.8. The molecule has 0 radical (unpaired) electrons. The Morgan fingerprint density at radius 1 is 1.35 bits per heavy atom. The van der Waals surface area contributed by atoms with E-state index in [1.165, 1.54) is 12.8 Å². The lowest BCUT2D eigenvalue weighted by Gasteiger charge is -2.11. The molecule has 0 spiro atoms. The van der Waals surface area contributed by atoms with Crippen LogP contribution in [0.3, 0.4) is 0 Å². The second-order valence-corrected chi connectivity index (χ2v) is 6.42. The van der Waals surface area contributed by atoms with Gasteiger partial charge in [0.25, 0.3) is 0 Å². The smallest absolute Gasteiger partial charge is 0.135 e. The van der Waals surface area contributed by atoms with Gasteiger partial charge in [-0.25, -0.2) is 9.97 Å². The molecule has 0 saturated heterocycles. The summed E-state index contributed by atoms with van der Waals surface area (Å²) in [5, 5.41) is 3.81. The van der Waals surface area contributed by atoms with Gasteiger partial charge in [-0.15, -0.1) is 0 Å². The summed E-state index contributed by atoms with van der Waals surface area (Å²) in [6.45, 7) is 2.06. The zero-order valence-corrected chi connectivity index (χ0v) is 13.5. The Morgan fingerprint density at radius 2 is 2.15 bits per heavy atom. The van der Waals surface area contributed by atoms with E-state index in [1.807, 2.05) is 18.2 Å². The maximum absolute atomic E-state index is 6.09. The quantitative estimate of drug-likeness (QED) is 0.796. The van der Waals surface area contributed by atoms with Crippen LogP contribution in [0, 0.1) is 12.8 Å². The van der Waals surface area contributed by atoms with E-state index in [2.05, 4.69) is 38.1 Å². The molecule has 1 N–H and O–H groups in total. The predicted molar refractivity (Wildman–Crippen MR) is 85.6 cm³/mol. The Labute approximate surface area is 131 Å². The maximum Gasteiger partial charge on any atom is 0.135 e. The summed E-state index contributed by atoms with van der Waals surface area (Å²) in [7, 11) is 0. The first-order chi connectivity index (χ1) is 9.61. The largest absolute Gasteiger partial charge is 0.340 e. The average Bonchev–Trinajstić information content (AvgIpc) is 3.18. The number of nitrogens with one attached hydrogen (secondary N) is 1. The molecule has 3 nitrogen and oxygen atoms in total. The van der Waals surface area contributed by atoms with E-state index in [0.29, 0.717) is 5.15 Å². The van der Waals surface area contributed by atoms with E-state index >= 15 is 0 Å². The summed E-state index contributed by atoms with van der Waals surface area (Å²) in [4.78, 5) is 8.86. The lowest BCUT2D eigenvalue weighted by molar-refractivity contribution is 0.771. The Kier molecular flexibility index (Phi) is 3.94. The number of anilines is 2. The maximum atomic E-state index is 6.09. The second-order valence-electron chi connectivity index (χ2n) is 5.18. The van der Waals surface area contributed by atoms with Crippen LogP contribution in [0.15, 0.2) is 28.7 Å². The molecule has 3 rings (SSSR count). The third-order valence-electron chi connectivity index (χ3n) is 3.44. The molecule has 2 aromatic rings. The fourth-order valence-electron chi connectivity index (χ4n) is 2.08. The van der Waals surface area contributed by atoms with Crippen LogP contribution in [-0.4, -0.2) is 9.97 Å². The summed E-state index contributed by atoms with van der Waals surface area (Å²) >= 11 is 9.62. The van der Waals surface area contributed by atoms with Crippen molar-refractivity contribution in [1.82, 2.24) is 9.97 Å². The number of aromatic nitrogens is 2. The zero-order chi connectivity index (χ0) is 14.1. The highest BCUT2D eigenvalue weighted by Gasteiger charge is 2.23. The third kappa shape index (κ3) is 3.30. The van der Waals surface area contributed by atoms with Gasteiger partial charge in [0.05, 0.1) is 0 Å². The monoisotopic (exact) mass is 351 g/mol. The molecular formula is C15H15BrClN3. The van der Waals surface area contributed by atoms with Crippen molar-refractivity contribution >= 4 is 39.0 Å². The third-order valence-corrected chi connectivity index (χ3v) is 4.49. The minimum atomic E-state index is 0.491. The minimum Gasteiger partial charge on any atom is -0.340 e. The normalized spacial score (nSPS) is 14.3. The van der Waals surface area contributed by atoms with Crippen molar-refractivity contribution in [2.45, 2.75) is 26.2 Å². The SMILES string of the molecule is Cc1c(Br)cccc1Nc1cc(Cl)nc(CC2CC2)n1. The highest BCUT2D eigenvalue weighted by Crippen LogP contribution is 2.32. The van der Waals surface area contributed by atoms with E-state index < -0.39 is 0 Å². The molecule has 1 aliphatic rings. The van der Waals surface area contributed by atoms with Gasteiger partial charge < -0.3 is 5.32 Å². The molecule has 0 aliphatic heterocycles. The van der Waals surface area contributed by atoms with Crippen LogP contribution in [0.2, 0.25) is 5.15 Å². The fourth-order valence-corrected chi connectivity index (χ4v) is 2.65. The molecule has 1 aliphatic carbocycles. The predicted octanol–water partition coefficient (Wildman–Crippen LogP) is 4.90. The van der Waals surface area contributed by atoms with Gasteiger partial charge in [0.2, 0.25) is 0 Å². The van der Waals surface area contributed by atoms with Gasteiger partial charge >= 0.3 is 0 Å². The van der Waals surface area contributed by atoms with Gasteiger partial charge in [0.15, 0.2) is 0 Å². The van der Waals surface area contributed by atoms with Crippen molar-refractivity contribution in [2.75, 3.05) is 5.32 Å². The van der Waals surface area contributed by atoms with Gasteiger partial charge in [0, 0.05) is 22.6 Å². The molecule has 20 heavy (non-hydrogen) atoms. The van der Waals surface area contributed by atoms with E-state index in [1.54, 1.807) is 6.07 Å². The molecule has 0 amide bonds. The summed E-state index contributed by atoms with van der Waals surface area (Å²) in [5.74, 6) is 2.32. The first-order valence-electron chi connectivity index (χ1n) is 6.67. The number of benzene rings is 1. The Balaban J connectivity index is 1.85. The molecule has 0 atom stereocenters. The average molecular weight is 353 g/mol. The lowest BCUT2D eigenvalue weighted by Crippen LogP contribution is -2.02. The molecule has 1 aromatic carbocycles. The van der Waals surface area contributed by atoms with Gasteiger partial charge in [-0.05, 0) is 43.4 Å². The van der Waals surface area contributed by atoms with Gasteiger partial charge in [-0.2, -0.15) is 0 Å². The van der Waals surface area contributed by atoms with Gasteiger partial charge in [0.1, 0.15) is 16.8 Å². The van der Waals surface area contributed by atoms with Crippen LogP contribution in [0.5, 0.6) is 0 Å². The molecular weight excluding hydrogens is 338 g/mol. The Hall–Kier alpha value is -1.13. The van der Waals surface area contributed by atoms with Crippen LogP contribution in [0.4, 0.5) is 11.5 Å². The summed E-state index contributed by atoms with van der Waals surface area (Å²) < 4.78 is 1.07. The number of halogens is 2. The standard InChI is InChI=1S/C15H15BrClN3/c1-9-11(16)3-2-4-12(9)18-15-8-13(17)19-14(20-15)7-10-5-6-10/h2-4,8,10H,5-7H2,1H3,(H,18,19,20). The van der Waals surface area contributed by atoms with E-state index in [4.69, 9.17) is 11.6 Å². The number of hydrogen-bond donors (Lipinski definition) is 1. The van der Waals surface area contributed by atoms with E-state index in [-0.39, 0.29) is 0 Å². The molecule has 1 fully saturated rings. The molecule has 0 bridgehead atoms. The number of rotatable bonds is 4. The molecule has 5 heteroatoms. The topological polar surface area (TPSA) is 37.8 Å². The molecule has 1 saturated carbocycles. The highest BCUT2D eigenvalue weighted by molar-refractivity contribution is 9.10. The van der Waals surface area contributed by atoms with Crippen molar-refractivity contribution in [1.29, 1.82) is 0 Å². The molecule has 0 unspecified atom stereocenters. The second kappa shape index (κ2) is 5.70.